The normalized spacial score (nSPS) is 11.3. The largest absolute Gasteiger partial charge is 0.284 e. The second-order valence-corrected chi connectivity index (χ2v) is 4.66. The standard InChI is InChI=1S/C8H12N3O2S/c1-14(12,13)11-8-4-2-7(3-5-8)6-10-9/h2-5,11H,6,9H2,1H3. The Morgan fingerprint density at radius 3 is 2.36 bits per heavy atom. The van der Waals surface area contributed by atoms with Gasteiger partial charge in [0.05, 0.1) is 12.8 Å². The number of hydrogen-bond donors (Lipinski definition) is 2. The van der Waals surface area contributed by atoms with Crippen LogP contribution in [0.5, 0.6) is 0 Å². The number of benzene rings is 1. The van der Waals surface area contributed by atoms with E-state index >= 15 is 0 Å². The molecule has 0 aromatic heterocycles. The summed E-state index contributed by atoms with van der Waals surface area (Å²) in [6.45, 7) is 0.430. The van der Waals surface area contributed by atoms with Gasteiger partial charge in [0.25, 0.3) is 0 Å². The van der Waals surface area contributed by atoms with Gasteiger partial charge >= 0.3 is 0 Å². The van der Waals surface area contributed by atoms with Crippen molar-refractivity contribution < 1.29 is 8.42 Å². The number of nitrogens with two attached hydrogens (primary N) is 1. The van der Waals surface area contributed by atoms with Crippen LogP contribution in [0.3, 0.4) is 0 Å². The molecule has 5 nitrogen and oxygen atoms in total. The highest BCUT2D eigenvalue weighted by Gasteiger charge is 2.00. The van der Waals surface area contributed by atoms with Gasteiger partial charge in [0, 0.05) is 5.69 Å². The molecule has 0 heterocycles. The van der Waals surface area contributed by atoms with Crippen molar-refractivity contribution in [3.8, 4) is 0 Å². The number of nitrogens with one attached hydrogen (secondary N) is 1. The molecular weight excluding hydrogens is 202 g/mol. The van der Waals surface area contributed by atoms with E-state index < -0.39 is 10.0 Å². The van der Waals surface area contributed by atoms with Crippen molar-refractivity contribution in [1.82, 2.24) is 5.43 Å². The molecule has 0 fully saturated rings. The highest BCUT2D eigenvalue weighted by molar-refractivity contribution is 7.92. The number of hydrogen-bond acceptors (Lipinski definition) is 3. The Labute approximate surface area is 83.3 Å². The van der Waals surface area contributed by atoms with Crippen LogP contribution in [-0.4, -0.2) is 14.7 Å². The number of nitrogens with zero attached hydrogens (tertiary/aromatic N) is 1. The number of anilines is 1. The first-order valence-electron chi connectivity index (χ1n) is 3.95. The Balaban J connectivity index is 2.74. The Morgan fingerprint density at radius 2 is 1.93 bits per heavy atom. The predicted octanol–water partition coefficient (Wildman–Crippen LogP) is 0.0362. The first kappa shape index (κ1) is 11.0. The van der Waals surface area contributed by atoms with E-state index in [4.69, 9.17) is 5.84 Å². The monoisotopic (exact) mass is 214 g/mol. The van der Waals surface area contributed by atoms with Gasteiger partial charge < -0.3 is 0 Å². The van der Waals surface area contributed by atoms with E-state index in [1.165, 1.54) is 0 Å². The zero-order chi connectivity index (χ0) is 10.6. The average molecular weight is 214 g/mol. The van der Waals surface area contributed by atoms with Crippen molar-refractivity contribution in [3.63, 3.8) is 0 Å². The van der Waals surface area contributed by atoms with Crippen LogP contribution in [0.25, 0.3) is 0 Å². The molecule has 14 heavy (non-hydrogen) atoms. The van der Waals surface area contributed by atoms with Crippen LogP contribution >= 0.6 is 0 Å². The molecule has 0 saturated carbocycles. The number of sulfonamides is 1. The minimum absolute atomic E-state index is 0.430. The fourth-order valence-corrected chi connectivity index (χ4v) is 1.56. The summed E-state index contributed by atoms with van der Waals surface area (Å²) >= 11 is 0. The summed E-state index contributed by atoms with van der Waals surface area (Å²) in [5.41, 5.74) is 4.94. The second kappa shape index (κ2) is 4.41. The van der Waals surface area contributed by atoms with E-state index in [1.807, 2.05) is 0 Å². The highest BCUT2D eigenvalue weighted by atomic mass is 32.2. The van der Waals surface area contributed by atoms with Crippen molar-refractivity contribution in [2.45, 2.75) is 6.54 Å². The molecule has 1 aromatic rings. The first-order valence-corrected chi connectivity index (χ1v) is 5.84. The lowest BCUT2D eigenvalue weighted by Crippen LogP contribution is -2.12. The van der Waals surface area contributed by atoms with Gasteiger partial charge in [-0.25, -0.2) is 8.42 Å². The molecule has 1 rings (SSSR count). The van der Waals surface area contributed by atoms with Crippen molar-refractivity contribution in [1.29, 1.82) is 0 Å². The minimum atomic E-state index is -3.20. The summed E-state index contributed by atoms with van der Waals surface area (Å²) in [6.07, 6.45) is 1.11. The summed E-state index contributed by atoms with van der Waals surface area (Å²) < 4.78 is 24.1. The van der Waals surface area contributed by atoms with E-state index in [0.717, 1.165) is 11.8 Å². The van der Waals surface area contributed by atoms with Gasteiger partial charge in [-0.2, -0.15) is 5.43 Å². The highest BCUT2D eigenvalue weighted by Crippen LogP contribution is 2.10. The summed E-state index contributed by atoms with van der Waals surface area (Å²) in [5.74, 6) is 5.01. The van der Waals surface area contributed by atoms with Crippen molar-refractivity contribution >= 4 is 15.7 Å². The molecule has 0 amide bonds. The fourth-order valence-electron chi connectivity index (χ4n) is 0.998. The Hall–Kier alpha value is -1.11. The van der Waals surface area contributed by atoms with Gasteiger partial charge in [0.1, 0.15) is 0 Å². The fraction of sp³-hybridized carbons (Fsp3) is 0.250. The third kappa shape index (κ3) is 3.73. The Morgan fingerprint density at radius 1 is 1.36 bits per heavy atom. The molecule has 0 spiro atoms. The van der Waals surface area contributed by atoms with Crippen molar-refractivity contribution in [2.24, 2.45) is 5.84 Å². The van der Waals surface area contributed by atoms with Gasteiger partial charge in [-0.15, -0.1) is 0 Å². The molecule has 3 N–H and O–H groups in total. The third-order valence-electron chi connectivity index (χ3n) is 1.53. The molecule has 0 saturated heterocycles. The van der Waals surface area contributed by atoms with Crippen LogP contribution in [-0.2, 0) is 16.6 Å². The molecule has 1 aromatic carbocycles. The summed E-state index contributed by atoms with van der Waals surface area (Å²) in [5, 5.41) is 0. The van der Waals surface area contributed by atoms with Crippen LogP contribution in [0.4, 0.5) is 5.69 Å². The van der Waals surface area contributed by atoms with Crippen LogP contribution in [0.2, 0.25) is 0 Å². The lowest BCUT2D eigenvalue weighted by Gasteiger charge is -2.04. The van der Waals surface area contributed by atoms with Crippen molar-refractivity contribution in [3.05, 3.63) is 29.8 Å². The molecule has 0 aliphatic rings. The third-order valence-corrected chi connectivity index (χ3v) is 2.14. The first-order chi connectivity index (χ1) is 6.51. The molecule has 6 heteroatoms. The van der Waals surface area contributed by atoms with Crippen molar-refractivity contribution in [2.75, 3.05) is 11.0 Å². The van der Waals surface area contributed by atoms with Crippen LogP contribution in [0.15, 0.2) is 24.3 Å². The maximum Gasteiger partial charge on any atom is 0.229 e. The topological polar surface area (TPSA) is 86.3 Å². The SMILES string of the molecule is CS(=O)(=O)Nc1ccc(C[N]N)cc1. The van der Waals surface area contributed by atoms with Crippen LogP contribution in [0.1, 0.15) is 5.56 Å². The van der Waals surface area contributed by atoms with Crippen LogP contribution < -0.4 is 16.0 Å². The predicted molar refractivity (Wildman–Crippen MR) is 54.9 cm³/mol. The Kier molecular flexibility index (Phi) is 3.45. The van der Waals surface area contributed by atoms with Gasteiger partial charge in [-0.05, 0) is 17.7 Å². The summed E-state index contributed by atoms with van der Waals surface area (Å²) in [6, 6.07) is 6.87. The second-order valence-electron chi connectivity index (χ2n) is 2.91. The van der Waals surface area contributed by atoms with E-state index in [-0.39, 0.29) is 0 Å². The van der Waals surface area contributed by atoms with E-state index in [9.17, 15) is 8.42 Å². The van der Waals surface area contributed by atoms with E-state index in [2.05, 4.69) is 10.1 Å². The summed E-state index contributed by atoms with van der Waals surface area (Å²) in [4.78, 5) is 0. The van der Waals surface area contributed by atoms with Gasteiger partial charge in [-0.3, -0.25) is 10.6 Å². The summed E-state index contributed by atoms with van der Waals surface area (Å²) in [7, 11) is -3.20. The molecule has 1 radical (unpaired) electrons. The van der Waals surface area contributed by atoms with Crippen LogP contribution in [0, 0.1) is 0 Å². The zero-order valence-electron chi connectivity index (χ0n) is 7.77. The quantitative estimate of drug-likeness (QED) is 0.548. The minimum Gasteiger partial charge on any atom is -0.284 e. The van der Waals surface area contributed by atoms with E-state index in [1.54, 1.807) is 24.3 Å². The maximum absolute atomic E-state index is 10.9. The molecule has 0 atom stereocenters. The molecule has 0 aliphatic heterocycles. The van der Waals surface area contributed by atoms with Gasteiger partial charge in [0.2, 0.25) is 10.0 Å². The molecule has 77 valence electrons. The molecule has 0 unspecified atom stereocenters. The Bertz CT molecular complexity index is 386. The molecular formula is C8H12N3O2S. The maximum atomic E-state index is 10.9. The lowest BCUT2D eigenvalue weighted by molar-refractivity contribution is 0.607. The molecule has 0 aliphatic carbocycles. The zero-order valence-corrected chi connectivity index (χ0v) is 8.58. The molecule has 0 bridgehead atoms. The van der Waals surface area contributed by atoms with E-state index in [0.29, 0.717) is 12.2 Å². The smallest absolute Gasteiger partial charge is 0.229 e. The number of rotatable bonds is 4. The lowest BCUT2D eigenvalue weighted by atomic mass is 10.2. The van der Waals surface area contributed by atoms with Gasteiger partial charge in [0.15, 0.2) is 0 Å². The van der Waals surface area contributed by atoms with Gasteiger partial charge in [-0.1, -0.05) is 12.1 Å². The average Bonchev–Trinajstić information content (AvgIpc) is 2.06.